The highest BCUT2D eigenvalue weighted by Gasteiger charge is 2.20. The van der Waals surface area contributed by atoms with Gasteiger partial charge < -0.3 is 0 Å². The summed E-state index contributed by atoms with van der Waals surface area (Å²) in [7, 11) is -3.43. The summed E-state index contributed by atoms with van der Waals surface area (Å²) >= 11 is 11.1. The second-order valence-corrected chi connectivity index (χ2v) is 5.27. The maximum atomic E-state index is 11.4. The maximum absolute atomic E-state index is 11.4. The Hall–Kier alpha value is -0.250. The zero-order valence-electron chi connectivity index (χ0n) is 7.18. The van der Waals surface area contributed by atoms with Gasteiger partial charge in [0.1, 0.15) is 4.91 Å². The first-order valence-corrected chi connectivity index (χ1v) is 5.87. The van der Waals surface area contributed by atoms with Crippen LogP contribution in [0.4, 0.5) is 0 Å². The molecule has 0 heterocycles. The molecule has 0 aromatic heterocycles. The monoisotopic (exact) mass is 240 g/mol. The molecule has 0 aromatic carbocycles. The largest absolute Gasteiger partial charge is 0.224 e. The Labute approximate surface area is 88.5 Å². The van der Waals surface area contributed by atoms with Crippen molar-refractivity contribution in [1.29, 1.82) is 0 Å². The van der Waals surface area contributed by atoms with Crippen LogP contribution < -0.4 is 0 Å². The molecule has 0 amide bonds. The van der Waals surface area contributed by atoms with Crippen molar-refractivity contribution in [3.63, 3.8) is 0 Å². The second-order valence-electron chi connectivity index (χ2n) is 2.19. The van der Waals surface area contributed by atoms with E-state index in [1.807, 2.05) is 0 Å². The van der Waals surface area contributed by atoms with E-state index in [0.717, 1.165) is 0 Å². The van der Waals surface area contributed by atoms with Crippen LogP contribution in [0.2, 0.25) is 0 Å². The van der Waals surface area contributed by atoms with Gasteiger partial charge in [0.15, 0.2) is 9.84 Å². The molecule has 0 fully saturated rings. The van der Waals surface area contributed by atoms with Crippen molar-refractivity contribution in [1.82, 2.24) is 0 Å². The normalized spacial score (nSPS) is 13.5. The van der Waals surface area contributed by atoms with Crippen molar-refractivity contribution >= 4 is 33.0 Å². The number of hydrogen-bond donors (Lipinski definition) is 0. The van der Waals surface area contributed by atoms with Gasteiger partial charge in [0.2, 0.25) is 0 Å². The minimum Gasteiger partial charge on any atom is -0.224 e. The molecule has 0 unspecified atom stereocenters. The second kappa shape index (κ2) is 4.84. The lowest BCUT2D eigenvalue weighted by atomic mass is 10.4. The predicted molar refractivity (Wildman–Crippen MR) is 57.5 cm³/mol. The highest BCUT2D eigenvalue weighted by atomic mass is 35.5. The number of sulfone groups is 1. The van der Waals surface area contributed by atoms with Crippen molar-refractivity contribution in [2.24, 2.45) is 0 Å². The summed E-state index contributed by atoms with van der Waals surface area (Å²) in [6.07, 6.45) is 1.22. The number of allylic oxidation sites excluding steroid dienone is 3. The van der Waals surface area contributed by atoms with Gasteiger partial charge in [0.25, 0.3) is 0 Å². The third-order valence-electron chi connectivity index (χ3n) is 1.33. The summed E-state index contributed by atoms with van der Waals surface area (Å²) in [5.41, 5.74) is 0. The quantitative estimate of drug-likeness (QED) is 0.709. The molecule has 5 heteroatoms. The zero-order valence-corrected chi connectivity index (χ0v) is 9.51. The van der Waals surface area contributed by atoms with Crippen LogP contribution in [-0.4, -0.2) is 14.2 Å². The van der Waals surface area contributed by atoms with Gasteiger partial charge in [-0.1, -0.05) is 43.3 Å². The van der Waals surface area contributed by atoms with Crippen molar-refractivity contribution in [3.8, 4) is 0 Å². The fourth-order valence-corrected chi connectivity index (χ4v) is 2.66. The van der Waals surface area contributed by atoms with Gasteiger partial charge in [-0.15, -0.1) is 0 Å². The van der Waals surface area contributed by atoms with E-state index >= 15 is 0 Å². The summed E-state index contributed by atoms with van der Waals surface area (Å²) in [6, 6.07) is 0. The molecule has 0 rings (SSSR count). The fraction of sp³-hybridized carbons (Fsp3) is 0.250. The fourth-order valence-electron chi connectivity index (χ4n) is 0.684. The smallest absolute Gasteiger partial charge is 0.181 e. The molecule has 2 nitrogen and oxygen atoms in total. The SMILES string of the molecule is C=CC(Cl)=C(C(=C)Cl)S(=O)(=O)CC. The van der Waals surface area contributed by atoms with E-state index in [0.29, 0.717) is 0 Å². The molecular formula is C8H10Cl2O2S. The number of halogens is 2. The standard InChI is InChI=1S/C8H10Cl2O2S/c1-4-7(10)8(6(3)9)13(11,12)5-2/h4H,1,3,5H2,2H3. The van der Waals surface area contributed by atoms with Crippen LogP contribution in [-0.2, 0) is 9.84 Å². The van der Waals surface area contributed by atoms with Gasteiger partial charge in [0, 0.05) is 0 Å². The molecule has 0 bridgehead atoms. The van der Waals surface area contributed by atoms with E-state index < -0.39 is 9.84 Å². The van der Waals surface area contributed by atoms with Crippen molar-refractivity contribution in [2.45, 2.75) is 6.92 Å². The van der Waals surface area contributed by atoms with Crippen LogP contribution >= 0.6 is 23.2 Å². The molecule has 0 saturated carbocycles. The van der Waals surface area contributed by atoms with E-state index in [4.69, 9.17) is 23.2 Å². The van der Waals surface area contributed by atoms with Crippen molar-refractivity contribution in [2.75, 3.05) is 5.75 Å². The third-order valence-corrected chi connectivity index (χ3v) is 3.94. The van der Waals surface area contributed by atoms with Crippen LogP contribution in [0, 0.1) is 0 Å². The van der Waals surface area contributed by atoms with Crippen LogP contribution in [0.15, 0.2) is 34.2 Å². The Bertz CT molecular complexity index is 352. The third kappa shape index (κ3) is 3.18. The van der Waals surface area contributed by atoms with E-state index in [1.165, 1.54) is 13.0 Å². The van der Waals surface area contributed by atoms with Crippen molar-refractivity contribution in [3.05, 3.63) is 34.2 Å². The van der Waals surface area contributed by atoms with Gasteiger partial charge in [-0.3, -0.25) is 0 Å². The highest BCUT2D eigenvalue weighted by Crippen LogP contribution is 2.26. The van der Waals surface area contributed by atoms with E-state index in [-0.39, 0.29) is 20.7 Å². The average molecular weight is 241 g/mol. The summed E-state index contributed by atoms with van der Waals surface area (Å²) in [4.78, 5) is -0.145. The molecular weight excluding hydrogens is 231 g/mol. The maximum Gasteiger partial charge on any atom is 0.181 e. The Morgan fingerprint density at radius 3 is 2.15 bits per heavy atom. The molecule has 0 atom stereocenters. The van der Waals surface area contributed by atoms with E-state index in [2.05, 4.69) is 13.2 Å². The van der Waals surface area contributed by atoms with Gasteiger partial charge in [-0.2, -0.15) is 0 Å². The van der Waals surface area contributed by atoms with Crippen LogP contribution in [0.25, 0.3) is 0 Å². The number of rotatable bonds is 4. The Morgan fingerprint density at radius 1 is 1.46 bits per heavy atom. The summed E-state index contributed by atoms with van der Waals surface area (Å²) in [5, 5.41) is -0.0893. The molecule has 0 spiro atoms. The molecule has 74 valence electrons. The van der Waals surface area contributed by atoms with E-state index in [9.17, 15) is 8.42 Å². The summed E-state index contributed by atoms with van der Waals surface area (Å²) < 4.78 is 22.8. The molecule has 0 aliphatic rings. The molecule has 0 aliphatic carbocycles. The van der Waals surface area contributed by atoms with Crippen LogP contribution in [0.1, 0.15) is 6.92 Å². The summed E-state index contributed by atoms with van der Waals surface area (Å²) in [6.45, 7) is 8.19. The minimum absolute atomic E-state index is 0.00171. The van der Waals surface area contributed by atoms with Crippen molar-refractivity contribution < 1.29 is 8.42 Å². The highest BCUT2D eigenvalue weighted by molar-refractivity contribution is 7.95. The summed E-state index contributed by atoms with van der Waals surface area (Å²) in [5.74, 6) is -0.0713. The average Bonchev–Trinajstić information content (AvgIpc) is 2.03. The first-order chi connectivity index (χ1) is 5.86. The topological polar surface area (TPSA) is 34.1 Å². The van der Waals surface area contributed by atoms with Gasteiger partial charge in [0.05, 0.1) is 15.8 Å². The van der Waals surface area contributed by atoms with Gasteiger partial charge in [-0.05, 0) is 6.08 Å². The first kappa shape index (κ1) is 12.8. The van der Waals surface area contributed by atoms with Gasteiger partial charge in [-0.25, -0.2) is 8.42 Å². The lowest BCUT2D eigenvalue weighted by Gasteiger charge is -2.05. The molecule has 0 saturated heterocycles. The number of hydrogen-bond acceptors (Lipinski definition) is 2. The molecule has 0 aromatic rings. The molecule has 0 aliphatic heterocycles. The Kier molecular flexibility index (Phi) is 4.75. The molecule has 0 N–H and O–H groups in total. The molecule has 13 heavy (non-hydrogen) atoms. The minimum atomic E-state index is -3.43. The Morgan fingerprint density at radius 2 is 1.92 bits per heavy atom. The zero-order chi connectivity index (χ0) is 10.6. The lowest BCUT2D eigenvalue weighted by Crippen LogP contribution is -2.07. The Balaban J connectivity index is 5.58. The first-order valence-electron chi connectivity index (χ1n) is 3.46. The van der Waals surface area contributed by atoms with Crippen LogP contribution in [0.3, 0.4) is 0 Å². The lowest BCUT2D eigenvalue weighted by molar-refractivity contribution is 0.604. The van der Waals surface area contributed by atoms with Gasteiger partial charge >= 0.3 is 0 Å². The predicted octanol–water partition coefficient (Wildman–Crippen LogP) is 2.81. The van der Waals surface area contributed by atoms with Crippen LogP contribution in [0.5, 0.6) is 0 Å². The molecule has 0 radical (unpaired) electrons. The van der Waals surface area contributed by atoms with E-state index in [1.54, 1.807) is 0 Å².